The average Bonchev–Trinajstić information content (AvgIpc) is 2.75. The molecule has 0 aliphatic carbocycles. The van der Waals surface area contributed by atoms with Crippen LogP contribution in [0, 0.1) is 0 Å². The Bertz CT molecular complexity index is 472. The minimum atomic E-state index is -1.02. The number of rotatable bonds is 4. The van der Waals surface area contributed by atoms with Crippen LogP contribution in [0.1, 0.15) is 19.8 Å². The van der Waals surface area contributed by atoms with Crippen LogP contribution in [-0.4, -0.2) is 29.6 Å². The van der Waals surface area contributed by atoms with Crippen molar-refractivity contribution in [1.29, 1.82) is 0 Å². The van der Waals surface area contributed by atoms with E-state index in [0.717, 1.165) is 12.1 Å². The molecule has 5 heteroatoms. The van der Waals surface area contributed by atoms with Crippen molar-refractivity contribution >= 4 is 17.6 Å². The lowest BCUT2D eigenvalue weighted by atomic mass is 10.2. The van der Waals surface area contributed by atoms with E-state index in [1.165, 1.54) is 6.92 Å². The third kappa shape index (κ3) is 2.61. The molecule has 0 bridgehead atoms. The molecule has 0 saturated carbocycles. The van der Waals surface area contributed by atoms with E-state index in [2.05, 4.69) is 0 Å². The van der Waals surface area contributed by atoms with Crippen LogP contribution in [0.4, 0.5) is 5.69 Å². The van der Waals surface area contributed by atoms with Gasteiger partial charge in [-0.05, 0) is 25.5 Å². The number of anilines is 1. The Morgan fingerprint density at radius 1 is 1.50 bits per heavy atom. The van der Waals surface area contributed by atoms with Gasteiger partial charge in [0.25, 0.3) is 0 Å². The number of carboxylic acid groups (broad SMARTS) is 1. The van der Waals surface area contributed by atoms with E-state index in [0.29, 0.717) is 18.7 Å². The van der Waals surface area contributed by atoms with Crippen LogP contribution < -0.4 is 9.64 Å². The summed E-state index contributed by atoms with van der Waals surface area (Å²) in [5, 5.41) is 8.78. The van der Waals surface area contributed by atoms with Crippen LogP contribution in [0.15, 0.2) is 24.3 Å². The van der Waals surface area contributed by atoms with E-state index < -0.39 is 12.1 Å². The smallest absolute Gasteiger partial charge is 0.344 e. The predicted molar refractivity (Wildman–Crippen MR) is 65.8 cm³/mol. The summed E-state index contributed by atoms with van der Waals surface area (Å²) in [5.74, 6) is -0.460. The minimum Gasteiger partial charge on any atom is -0.479 e. The number of aliphatic carboxylic acids is 1. The number of nitrogens with zero attached hydrogens (tertiary/aromatic N) is 1. The highest BCUT2D eigenvalue weighted by Gasteiger charge is 2.22. The second kappa shape index (κ2) is 5.08. The molecule has 1 aromatic carbocycles. The summed E-state index contributed by atoms with van der Waals surface area (Å²) in [5.41, 5.74) is 0.757. The zero-order valence-corrected chi connectivity index (χ0v) is 10.1. The Morgan fingerprint density at radius 2 is 2.28 bits per heavy atom. The van der Waals surface area contributed by atoms with Gasteiger partial charge in [0.05, 0.1) is 0 Å². The number of amides is 1. The maximum absolute atomic E-state index is 11.6. The van der Waals surface area contributed by atoms with Gasteiger partial charge in [-0.25, -0.2) is 4.79 Å². The van der Waals surface area contributed by atoms with Crippen molar-refractivity contribution in [3.63, 3.8) is 0 Å². The fourth-order valence-electron chi connectivity index (χ4n) is 1.90. The maximum Gasteiger partial charge on any atom is 0.344 e. The molecule has 0 radical (unpaired) electrons. The SMILES string of the molecule is C[C@@H](Oc1cccc(N2CCCC2=O)c1)C(=O)O. The van der Waals surface area contributed by atoms with Crippen molar-refractivity contribution in [1.82, 2.24) is 0 Å². The summed E-state index contributed by atoms with van der Waals surface area (Å²) in [6.45, 7) is 2.17. The molecule has 1 N–H and O–H groups in total. The third-order valence-electron chi connectivity index (χ3n) is 2.86. The molecule has 1 fully saturated rings. The number of carbonyl (C=O) groups excluding carboxylic acids is 1. The summed E-state index contributed by atoms with van der Waals surface area (Å²) >= 11 is 0. The Labute approximate surface area is 105 Å². The standard InChI is InChI=1S/C13H15NO4/c1-9(13(16)17)18-11-5-2-4-10(8-11)14-7-3-6-12(14)15/h2,4-5,8-9H,3,6-7H2,1H3,(H,16,17)/t9-/m1/s1. The summed E-state index contributed by atoms with van der Waals surface area (Å²) in [7, 11) is 0. The second-order valence-electron chi connectivity index (χ2n) is 4.24. The lowest BCUT2D eigenvalue weighted by Gasteiger charge is -2.17. The van der Waals surface area contributed by atoms with Crippen molar-refractivity contribution in [2.45, 2.75) is 25.9 Å². The Hall–Kier alpha value is -2.04. The first-order chi connectivity index (χ1) is 8.58. The van der Waals surface area contributed by atoms with E-state index in [4.69, 9.17) is 9.84 Å². The highest BCUT2D eigenvalue weighted by Crippen LogP contribution is 2.25. The first kappa shape index (κ1) is 12.4. The highest BCUT2D eigenvalue weighted by molar-refractivity contribution is 5.95. The van der Waals surface area contributed by atoms with Crippen LogP contribution in [0.2, 0.25) is 0 Å². The largest absolute Gasteiger partial charge is 0.479 e. The monoisotopic (exact) mass is 249 g/mol. The minimum absolute atomic E-state index is 0.0958. The van der Waals surface area contributed by atoms with E-state index in [1.54, 1.807) is 23.1 Å². The number of hydrogen-bond donors (Lipinski definition) is 1. The number of hydrogen-bond acceptors (Lipinski definition) is 3. The summed E-state index contributed by atoms with van der Waals surface area (Å²) < 4.78 is 5.27. The van der Waals surface area contributed by atoms with Gasteiger partial charge in [0.2, 0.25) is 5.91 Å². The summed E-state index contributed by atoms with van der Waals surface area (Å²) in [4.78, 5) is 24.0. The van der Waals surface area contributed by atoms with Gasteiger partial charge in [-0.15, -0.1) is 0 Å². The molecule has 0 spiro atoms. The zero-order chi connectivity index (χ0) is 13.1. The van der Waals surface area contributed by atoms with Crippen LogP contribution in [0.5, 0.6) is 5.75 Å². The predicted octanol–water partition coefficient (Wildman–Crippen LogP) is 1.67. The maximum atomic E-state index is 11.6. The van der Waals surface area contributed by atoms with E-state index in [1.807, 2.05) is 6.07 Å². The molecule has 1 aliphatic heterocycles. The van der Waals surface area contributed by atoms with Gasteiger partial charge in [-0.3, -0.25) is 4.79 Å². The van der Waals surface area contributed by atoms with Gasteiger partial charge in [0.15, 0.2) is 6.10 Å². The topological polar surface area (TPSA) is 66.8 Å². The molecule has 1 aliphatic rings. The van der Waals surface area contributed by atoms with E-state index in [-0.39, 0.29) is 5.91 Å². The van der Waals surface area contributed by atoms with Crippen molar-refractivity contribution in [2.75, 3.05) is 11.4 Å². The van der Waals surface area contributed by atoms with Crippen molar-refractivity contribution in [2.24, 2.45) is 0 Å². The quantitative estimate of drug-likeness (QED) is 0.881. The van der Waals surface area contributed by atoms with E-state index >= 15 is 0 Å². The van der Waals surface area contributed by atoms with Crippen LogP contribution in [0.3, 0.4) is 0 Å². The molecule has 1 atom stereocenters. The molecule has 18 heavy (non-hydrogen) atoms. The molecule has 0 unspecified atom stereocenters. The number of carboxylic acids is 1. The normalized spacial score (nSPS) is 16.7. The van der Waals surface area contributed by atoms with Gasteiger partial charge in [-0.2, -0.15) is 0 Å². The molecule has 1 amide bonds. The van der Waals surface area contributed by atoms with Crippen molar-refractivity contribution in [3.05, 3.63) is 24.3 Å². The van der Waals surface area contributed by atoms with Gasteiger partial charge >= 0.3 is 5.97 Å². The number of benzene rings is 1. The van der Waals surface area contributed by atoms with Gasteiger partial charge < -0.3 is 14.7 Å². The summed E-state index contributed by atoms with van der Waals surface area (Å²) in [6.07, 6.45) is 0.515. The molecule has 1 saturated heterocycles. The average molecular weight is 249 g/mol. The fraction of sp³-hybridized carbons (Fsp3) is 0.385. The number of ether oxygens (including phenoxy) is 1. The van der Waals surface area contributed by atoms with Crippen molar-refractivity contribution < 1.29 is 19.4 Å². The van der Waals surface area contributed by atoms with Crippen LogP contribution in [-0.2, 0) is 9.59 Å². The summed E-state index contributed by atoms with van der Waals surface area (Å²) in [6, 6.07) is 6.96. The molecule has 2 rings (SSSR count). The molecular formula is C13H15NO4. The highest BCUT2D eigenvalue weighted by atomic mass is 16.5. The van der Waals surface area contributed by atoms with Crippen LogP contribution in [0.25, 0.3) is 0 Å². The van der Waals surface area contributed by atoms with Gasteiger partial charge in [-0.1, -0.05) is 6.07 Å². The first-order valence-corrected chi connectivity index (χ1v) is 5.88. The Kier molecular flexibility index (Phi) is 3.50. The van der Waals surface area contributed by atoms with Crippen LogP contribution >= 0.6 is 0 Å². The van der Waals surface area contributed by atoms with Gasteiger partial charge in [0.1, 0.15) is 5.75 Å². The third-order valence-corrected chi connectivity index (χ3v) is 2.86. The zero-order valence-electron chi connectivity index (χ0n) is 10.1. The molecule has 1 aromatic rings. The molecular weight excluding hydrogens is 234 g/mol. The molecule has 5 nitrogen and oxygen atoms in total. The van der Waals surface area contributed by atoms with Crippen molar-refractivity contribution in [3.8, 4) is 5.75 Å². The lowest BCUT2D eigenvalue weighted by Crippen LogP contribution is -2.25. The Balaban J connectivity index is 2.14. The Morgan fingerprint density at radius 3 is 2.89 bits per heavy atom. The van der Waals surface area contributed by atoms with Gasteiger partial charge in [0, 0.05) is 24.7 Å². The lowest BCUT2D eigenvalue weighted by molar-refractivity contribution is -0.144. The first-order valence-electron chi connectivity index (χ1n) is 5.88. The fourth-order valence-corrected chi connectivity index (χ4v) is 1.90. The molecule has 0 aromatic heterocycles. The van der Waals surface area contributed by atoms with E-state index in [9.17, 15) is 9.59 Å². The second-order valence-corrected chi connectivity index (χ2v) is 4.24. The molecule has 96 valence electrons. The number of carbonyl (C=O) groups is 2. The molecule has 1 heterocycles.